The van der Waals surface area contributed by atoms with Gasteiger partial charge >= 0.3 is 0 Å². The molecule has 31 heavy (non-hydrogen) atoms. The van der Waals surface area contributed by atoms with E-state index in [0.29, 0.717) is 41.5 Å². The Morgan fingerprint density at radius 2 is 1.74 bits per heavy atom. The van der Waals surface area contributed by atoms with E-state index in [-0.39, 0.29) is 17.3 Å². The van der Waals surface area contributed by atoms with Gasteiger partial charge < -0.3 is 10.6 Å². The van der Waals surface area contributed by atoms with Crippen LogP contribution in [0, 0.1) is 20.8 Å². The second-order valence-corrected chi connectivity index (χ2v) is 10.7. The lowest BCUT2D eigenvalue weighted by Gasteiger charge is -2.22. The lowest BCUT2D eigenvalue weighted by Crippen LogP contribution is -2.37. The summed E-state index contributed by atoms with van der Waals surface area (Å²) >= 11 is 1.24. The number of nitrogen functional groups attached to an aromatic ring is 1. The average Bonchev–Trinajstić information content (AvgIpc) is 2.91. The molecule has 0 spiro atoms. The van der Waals surface area contributed by atoms with E-state index in [1.165, 1.54) is 15.6 Å². The van der Waals surface area contributed by atoms with Gasteiger partial charge in [-0.15, -0.1) is 16.4 Å². The van der Waals surface area contributed by atoms with Crippen molar-refractivity contribution in [2.24, 2.45) is 0 Å². The van der Waals surface area contributed by atoms with Crippen molar-refractivity contribution in [3.8, 4) is 0 Å². The largest absolute Gasteiger partial charge is 0.397 e. The highest BCUT2D eigenvalue weighted by Gasteiger charge is 2.30. The Balaban J connectivity index is 1.56. The lowest BCUT2D eigenvalue weighted by atomic mass is 10.1. The highest BCUT2D eigenvalue weighted by molar-refractivity contribution is 7.89. The number of carbonyl (C=O) groups excluding carboxylic acids is 1. The van der Waals surface area contributed by atoms with Gasteiger partial charge in [0.1, 0.15) is 9.71 Å². The summed E-state index contributed by atoms with van der Waals surface area (Å²) < 4.78 is 27.5. The van der Waals surface area contributed by atoms with E-state index in [0.717, 1.165) is 22.2 Å². The standard InChI is InChI=1S/C21H25N5O3S2/c1-13-5-7-16(8-6-13)31(28,29)26-10-4-9-25(11-12-26)21(27)19-18(22)17-14(2)15(3)23-24-20(17)30-19/h5-8H,4,9-12,22H2,1-3H3. The monoisotopic (exact) mass is 459 g/mol. The predicted molar refractivity (Wildman–Crippen MR) is 122 cm³/mol. The fourth-order valence-corrected chi connectivity index (χ4v) is 6.28. The normalized spacial score (nSPS) is 15.9. The van der Waals surface area contributed by atoms with Crippen LogP contribution in [-0.2, 0) is 10.0 Å². The molecule has 4 rings (SSSR count). The number of amides is 1. The van der Waals surface area contributed by atoms with Crippen LogP contribution in [0.2, 0.25) is 0 Å². The quantitative estimate of drug-likeness (QED) is 0.645. The second-order valence-electron chi connectivity index (χ2n) is 7.80. The summed E-state index contributed by atoms with van der Waals surface area (Å²) in [6.07, 6.45) is 0.555. The average molecular weight is 460 g/mol. The maximum atomic E-state index is 13.2. The third-order valence-corrected chi connectivity index (χ3v) is 8.72. The fourth-order valence-electron chi connectivity index (χ4n) is 3.74. The third-order valence-electron chi connectivity index (χ3n) is 5.73. The van der Waals surface area contributed by atoms with Crippen LogP contribution in [0.5, 0.6) is 0 Å². The topological polar surface area (TPSA) is 109 Å². The van der Waals surface area contributed by atoms with Crippen molar-refractivity contribution in [3.05, 3.63) is 46.0 Å². The number of aromatic nitrogens is 2. The zero-order valence-corrected chi connectivity index (χ0v) is 19.4. The molecule has 2 aromatic heterocycles. The first-order chi connectivity index (χ1) is 14.7. The summed E-state index contributed by atoms with van der Waals surface area (Å²) in [6.45, 7) is 7.08. The van der Waals surface area contributed by atoms with Crippen molar-refractivity contribution in [3.63, 3.8) is 0 Å². The molecule has 0 aliphatic carbocycles. The number of nitrogens with zero attached hydrogens (tertiary/aromatic N) is 4. The molecule has 0 unspecified atom stereocenters. The summed E-state index contributed by atoms with van der Waals surface area (Å²) in [7, 11) is -3.60. The number of sulfonamides is 1. The number of hydrogen-bond acceptors (Lipinski definition) is 7. The molecular weight excluding hydrogens is 434 g/mol. The van der Waals surface area contributed by atoms with Crippen LogP contribution in [0.4, 0.5) is 5.69 Å². The van der Waals surface area contributed by atoms with Gasteiger partial charge in [0, 0.05) is 31.6 Å². The van der Waals surface area contributed by atoms with Gasteiger partial charge in [0.2, 0.25) is 10.0 Å². The maximum absolute atomic E-state index is 13.2. The van der Waals surface area contributed by atoms with Crippen molar-refractivity contribution in [2.75, 3.05) is 31.9 Å². The molecular formula is C21H25N5O3S2. The Kier molecular flexibility index (Phi) is 5.71. The number of anilines is 1. The van der Waals surface area contributed by atoms with Crippen LogP contribution in [0.1, 0.15) is 32.9 Å². The van der Waals surface area contributed by atoms with E-state index in [9.17, 15) is 13.2 Å². The molecule has 3 aromatic rings. The van der Waals surface area contributed by atoms with Crippen molar-refractivity contribution in [1.29, 1.82) is 0 Å². The van der Waals surface area contributed by atoms with Crippen molar-refractivity contribution in [2.45, 2.75) is 32.1 Å². The van der Waals surface area contributed by atoms with Gasteiger partial charge in [0.25, 0.3) is 5.91 Å². The number of fused-ring (bicyclic) bond motifs is 1. The van der Waals surface area contributed by atoms with E-state index in [2.05, 4.69) is 10.2 Å². The van der Waals surface area contributed by atoms with E-state index in [1.54, 1.807) is 29.2 Å². The number of aryl methyl sites for hydroxylation is 3. The van der Waals surface area contributed by atoms with Crippen LogP contribution in [0.25, 0.3) is 10.2 Å². The van der Waals surface area contributed by atoms with Gasteiger partial charge in [-0.3, -0.25) is 4.79 Å². The fraction of sp³-hybridized carbons (Fsp3) is 0.381. The molecule has 10 heteroatoms. The van der Waals surface area contributed by atoms with E-state index in [1.807, 2.05) is 20.8 Å². The van der Waals surface area contributed by atoms with E-state index in [4.69, 9.17) is 5.73 Å². The zero-order chi connectivity index (χ0) is 22.3. The molecule has 1 saturated heterocycles. The summed E-state index contributed by atoms with van der Waals surface area (Å²) in [6, 6.07) is 6.83. The molecule has 0 radical (unpaired) electrons. The van der Waals surface area contributed by atoms with Crippen molar-refractivity contribution < 1.29 is 13.2 Å². The van der Waals surface area contributed by atoms with Crippen LogP contribution >= 0.6 is 11.3 Å². The van der Waals surface area contributed by atoms with Crippen molar-refractivity contribution >= 4 is 43.2 Å². The Morgan fingerprint density at radius 3 is 2.45 bits per heavy atom. The SMILES string of the molecule is Cc1ccc(S(=O)(=O)N2CCCN(C(=O)c3sc4nnc(C)c(C)c4c3N)CC2)cc1. The molecule has 1 aliphatic rings. The zero-order valence-electron chi connectivity index (χ0n) is 17.8. The summed E-state index contributed by atoms with van der Waals surface area (Å²) in [4.78, 5) is 16.3. The molecule has 1 fully saturated rings. The molecule has 164 valence electrons. The highest BCUT2D eigenvalue weighted by atomic mass is 32.2. The van der Waals surface area contributed by atoms with Crippen molar-refractivity contribution in [1.82, 2.24) is 19.4 Å². The number of nitrogens with two attached hydrogens (primary N) is 1. The Hall–Kier alpha value is -2.56. The number of carbonyl (C=O) groups is 1. The minimum absolute atomic E-state index is 0.188. The lowest BCUT2D eigenvalue weighted by molar-refractivity contribution is 0.0770. The molecule has 8 nitrogen and oxygen atoms in total. The van der Waals surface area contributed by atoms with Gasteiger partial charge in [-0.2, -0.15) is 9.40 Å². The molecule has 0 atom stereocenters. The van der Waals surface area contributed by atoms with E-state index >= 15 is 0 Å². The Morgan fingerprint density at radius 1 is 1.03 bits per heavy atom. The predicted octanol–water partition coefficient (Wildman–Crippen LogP) is 2.74. The van der Waals surface area contributed by atoms with Crippen LogP contribution in [0.15, 0.2) is 29.2 Å². The third kappa shape index (κ3) is 3.90. The van der Waals surface area contributed by atoms with Gasteiger partial charge in [-0.05, 0) is 44.9 Å². The summed E-state index contributed by atoms with van der Waals surface area (Å²) in [5, 5.41) is 9.09. The molecule has 3 heterocycles. The number of benzene rings is 1. The van der Waals surface area contributed by atoms with E-state index < -0.39 is 10.0 Å². The molecule has 0 saturated carbocycles. The molecule has 1 aliphatic heterocycles. The van der Waals surface area contributed by atoms with Crippen LogP contribution < -0.4 is 5.73 Å². The van der Waals surface area contributed by atoms with Gasteiger partial charge in [-0.25, -0.2) is 8.42 Å². The highest BCUT2D eigenvalue weighted by Crippen LogP contribution is 2.35. The first kappa shape index (κ1) is 21.7. The number of thiophene rings is 1. The first-order valence-electron chi connectivity index (χ1n) is 10.1. The number of rotatable bonds is 3. The summed E-state index contributed by atoms with van der Waals surface area (Å²) in [5.74, 6) is -0.188. The van der Waals surface area contributed by atoms with Crippen LogP contribution in [-0.4, -0.2) is 59.9 Å². The van der Waals surface area contributed by atoms with Gasteiger partial charge in [-0.1, -0.05) is 17.7 Å². The second kappa shape index (κ2) is 8.18. The molecule has 1 aromatic carbocycles. The van der Waals surface area contributed by atoms with Crippen LogP contribution in [0.3, 0.4) is 0 Å². The van der Waals surface area contributed by atoms with Gasteiger partial charge in [0.15, 0.2) is 0 Å². The Bertz CT molecular complexity index is 1250. The smallest absolute Gasteiger partial charge is 0.266 e. The molecule has 2 N–H and O–H groups in total. The molecule has 0 bridgehead atoms. The number of hydrogen-bond donors (Lipinski definition) is 1. The molecule has 1 amide bonds. The Labute approximate surface area is 185 Å². The summed E-state index contributed by atoms with van der Waals surface area (Å²) in [5.41, 5.74) is 9.46. The minimum Gasteiger partial charge on any atom is -0.397 e. The minimum atomic E-state index is -3.60. The maximum Gasteiger partial charge on any atom is 0.266 e. The van der Waals surface area contributed by atoms with Gasteiger partial charge in [0.05, 0.1) is 16.3 Å². The first-order valence-corrected chi connectivity index (χ1v) is 12.3.